The Hall–Kier alpha value is -2.09. The molecule has 8 heteroatoms. The fraction of sp³-hybridized carbons (Fsp3) is 0.500. The molecule has 0 aromatic heterocycles. The van der Waals surface area contributed by atoms with Crippen LogP contribution in [0.3, 0.4) is 0 Å². The molecule has 2 unspecified atom stereocenters. The van der Waals surface area contributed by atoms with Gasteiger partial charge in [-0.1, -0.05) is 24.3 Å². The molecule has 1 heterocycles. The van der Waals surface area contributed by atoms with Gasteiger partial charge in [-0.05, 0) is 20.3 Å². The van der Waals surface area contributed by atoms with Gasteiger partial charge in [0.15, 0.2) is 0 Å². The summed E-state index contributed by atoms with van der Waals surface area (Å²) >= 11 is 6.97. The molecule has 0 spiro atoms. The van der Waals surface area contributed by atoms with E-state index in [9.17, 15) is 9.59 Å². The number of allylic oxidation sites excluding steroid dienone is 5. The monoisotopic (exact) mass is 410 g/mol. The number of alkyl halides is 1. The van der Waals surface area contributed by atoms with Gasteiger partial charge in [0.1, 0.15) is 0 Å². The van der Waals surface area contributed by atoms with Crippen LogP contribution in [0.4, 0.5) is 0 Å². The first-order chi connectivity index (χ1) is 13.4. The lowest BCUT2D eigenvalue weighted by Crippen LogP contribution is -2.44. The number of rotatable bonds is 8. The SMILES string of the molecule is CCOC(=O)C1=C(COCCN)NC(C)=C(C(=O)OC)C1C1(Cl)C=CC=CC1. The molecule has 0 fully saturated rings. The second-order valence-corrected chi connectivity index (χ2v) is 7.16. The number of esters is 2. The third-order valence-corrected chi connectivity index (χ3v) is 5.08. The normalized spacial score (nSPS) is 24.2. The molecule has 28 heavy (non-hydrogen) atoms. The molecule has 7 nitrogen and oxygen atoms in total. The van der Waals surface area contributed by atoms with Crippen LogP contribution in [-0.2, 0) is 23.8 Å². The van der Waals surface area contributed by atoms with E-state index in [0.717, 1.165) is 0 Å². The van der Waals surface area contributed by atoms with E-state index in [-0.39, 0.29) is 18.8 Å². The third-order valence-electron chi connectivity index (χ3n) is 4.59. The van der Waals surface area contributed by atoms with Crippen molar-refractivity contribution >= 4 is 23.5 Å². The van der Waals surface area contributed by atoms with Crippen molar-refractivity contribution in [2.75, 3.05) is 33.5 Å². The smallest absolute Gasteiger partial charge is 0.336 e. The Balaban J connectivity index is 2.62. The fourth-order valence-corrected chi connectivity index (χ4v) is 3.78. The van der Waals surface area contributed by atoms with Crippen LogP contribution in [0.25, 0.3) is 0 Å². The fourth-order valence-electron chi connectivity index (χ4n) is 3.40. The van der Waals surface area contributed by atoms with Gasteiger partial charge in [-0.3, -0.25) is 0 Å². The van der Waals surface area contributed by atoms with Gasteiger partial charge in [0, 0.05) is 18.2 Å². The van der Waals surface area contributed by atoms with Crippen LogP contribution in [0.1, 0.15) is 20.3 Å². The Bertz CT molecular complexity index is 741. The Kier molecular flexibility index (Phi) is 7.86. The predicted molar refractivity (Wildman–Crippen MR) is 106 cm³/mol. The molecule has 1 aliphatic carbocycles. The number of nitrogens with one attached hydrogen (secondary N) is 1. The molecule has 0 bridgehead atoms. The van der Waals surface area contributed by atoms with Crippen LogP contribution in [0, 0.1) is 5.92 Å². The predicted octanol–water partition coefficient (Wildman–Crippen LogP) is 1.94. The van der Waals surface area contributed by atoms with Gasteiger partial charge in [-0.15, -0.1) is 11.6 Å². The Labute approximate surface area is 170 Å². The van der Waals surface area contributed by atoms with Crippen molar-refractivity contribution in [3.63, 3.8) is 0 Å². The quantitative estimate of drug-likeness (QED) is 0.358. The number of ether oxygens (including phenoxy) is 3. The minimum absolute atomic E-state index is 0.111. The van der Waals surface area contributed by atoms with Gasteiger partial charge in [-0.2, -0.15) is 0 Å². The van der Waals surface area contributed by atoms with Gasteiger partial charge < -0.3 is 25.3 Å². The number of nitrogens with two attached hydrogens (primary N) is 1. The van der Waals surface area contributed by atoms with Crippen molar-refractivity contribution in [3.8, 4) is 0 Å². The average molecular weight is 411 g/mol. The number of carbonyl (C=O) groups excluding carboxylic acids is 2. The lowest BCUT2D eigenvalue weighted by molar-refractivity contribution is -0.139. The Morgan fingerprint density at radius 1 is 1.32 bits per heavy atom. The summed E-state index contributed by atoms with van der Waals surface area (Å²) in [6.45, 7) is 4.43. The van der Waals surface area contributed by atoms with E-state index >= 15 is 0 Å². The van der Waals surface area contributed by atoms with Crippen LogP contribution in [0.2, 0.25) is 0 Å². The Morgan fingerprint density at radius 3 is 2.64 bits per heavy atom. The number of hydrogen-bond donors (Lipinski definition) is 2. The number of halogens is 1. The van der Waals surface area contributed by atoms with Gasteiger partial charge in [0.25, 0.3) is 0 Å². The van der Waals surface area contributed by atoms with E-state index < -0.39 is 22.7 Å². The van der Waals surface area contributed by atoms with Crippen molar-refractivity contribution in [3.05, 3.63) is 46.8 Å². The van der Waals surface area contributed by atoms with E-state index in [1.54, 1.807) is 26.0 Å². The van der Waals surface area contributed by atoms with Crippen molar-refractivity contribution in [1.29, 1.82) is 0 Å². The zero-order chi connectivity index (χ0) is 20.7. The van der Waals surface area contributed by atoms with Crippen molar-refractivity contribution in [2.24, 2.45) is 11.7 Å². The van der Waals surface area contributed by atoms with E-state index in [2.05, 4.69) is 5.32 Å². The first kappa shape index (κ1) is 22.2. The summed E-state index contributed by atoms with van der Waals surface area (Å²) in [5.41, 5.74) is 7.11. The molecule has 0 saturated carbocycles. The van der Waals surface area contributed by atoms with Gasteiger partial charge >= 0.3 is 11.9 Å². The molecule has 2 aliphatic rings. The molecule has 154 valence electrons. The van der Waals surface area contributed by atoms with E-state index in [1.807, 2.05) is 12.2 Å². The van der Waals surface area contributed by atoms with Crippen LogP contribution >= 0.6 is 11.6 Å². The number of carbonyl (C=O) groups is 2. The lowest BCUT2D eigenvalue weighted by atomic mass is 9.73. The second-order valence-electron chi connectivity index (χ2n) is 6.46. The molecule has 0 radical (unpaired) electrons. The average Bonchev–Trinajstić information content (AvgIpc) is 2.67. The molecule has 0 amide bonds. The highest BCUT2D eigenvalue weighted by Gasteiger charge is 2.48. The number of hydrogen-bond acceptors (Lipinski definition) is 7. The van der Waals surface area contributed by atoms with E-state index in [0.29, 0.717) is 36.5 Å². The molecular formula is C20H27ClN2O5. The van der Waals surface area contributed by atoms with Crippen molar-refractivity contribution < 1.29 is 23.8 Å². The van der Waals surface area contributed by atoms with Crippen molar-refractivity contribution in [2.45, 2.75) is 25.1 Å². The molecule has 2 rings (SSSR count). The topological polar surface area (TPSA) is 99.9 Å². The largest absolute Gasteiger partial charge is 0.466 e. The van der Waals surface area contributed by atoms with Crippen LogP contribution in [-0.4, -0.2) is 50.3 Å². The van der Waals surface area contributed by atoms with Gasteiger partial charge in [0.2, 0.25) is 0 Å². The molecule has 1 aliphatic heterocycles. The zero-order valence-corrected chi connectivity index (χ0v) is 17.2. The van der Waals surface area contributed by atoms with E-state index in [1.165, 1.54) is 7.11 Å². The highest BCUT2D eigenvalue weighted by Crippen LogP contribution is 2.46. The summed E-state index contributed by atoms with van der Waals surface area (Å²) in [7, 11) is 1.30. The highest BCUT2D eigenvalue weighted by molar-refractivity contribution is 6.27. The maximum atomic E-state index is 12.9. The first-order valence-corrected chi connectivity index (χ1v) is 9.54. The molecule has 0 saturated heterocycles. The molecular weight excluding hydrogens is 384 g/mol. The summed E-state index contributed by atoms with van der Waals surface area (Å²) in [5, 5.41) is 3.11. The third kappa shape index (κ3) is 4.66. The van der Waals surface area contributed by atoms with E-state index in [4.69, 9.17) is 31.5 Å². The molecule has 0 aromatic rings. The lowest BCUT2D eigenvalue weighted by Gasteiger charge is -2.39. The van der Waals surface area contributed by atoms with Crippen molar-refractivity contribution in [1.82, 2.24) is 5.32 Å². The Morgan fingerprint density at radius 2 is 2.07 bits per heavy atom. The number of dihydropyridines is 1. The summed E-state index contributed by atoms with van der Waals surface area (Å²) in [5.74, 6) is -1.87. The standard InChI is InChI=1S/C20H27ClN2O5/c1-4-28-19(25)16-14(12-27-11-10-22)23-13(2)15(18(24)26-3)17(16)20(21)8-6-5-7-9-20/h5-8,17,23H,4,9-12,22H2,1-3H3. The van der Waals surface area contributed by atoms with Crippen LogP contribution in [0.5, 0.6) is 0 Å². The van der Waals surface area contributed by atoms with Crippen LogP contribution in [0.15, 0.2) is 46.8 Å². The number of methoxy groups -OCH3 is 1. The summed E-state index contributed by atoms with van der Waals surface area (Å²) in [6.07, 6.45) is 7.79. The molecule has 2 atom stereocenters. The second kappa shape index (κ2) is 9.91. The first-order valence-electron chi connectivity index (χ1n) is 9.17. The maximum Gasteiger partial charge on any atom is 0.336 e. The van der Waals surface area contributed by atoms with Crippen LogP contribution < -0.4 is 11.1 Å². The molecule has 0 aromatic carbocycles. The molecule has 3 N–H and O–H groups in total. The highest BCUT2D eigenvalue weighted by atomic mass is 35.5. The maximum absolute atomic E-state index is 12.9. The summed E-state index contributed by atoms with van der Waals surface area (Å²) < 4.78 is 15.8. The zero-order valence-electron chi connectivity index (χ0n) is 16.4. The minimum atomic E-state index is -1.02. The summed E-state index contributed by atoms with van der Waals surface area (Å²) in [4.78, 5) is 24.5. The van der Waals surface area contributed by atoms with Gasteiger partial charge in [-0.25, -0.2) is 9.59 Å². The van der Waals surface area contributed by atoms with Gasteiger partial charge in [0.05, 0.1) is 48.6 Å². The minimum Gasteiger partial charge on any atom is -0.466 e. The summed E-state index contributed by atoms with van der Waals surface area (Å²) in [6, 6.07) is 0.